The Hall–Kier alpha value is -1.91. The van der Waals surface area contributed by atoms with E-state index in [2.05, 4.69) is 0 Å². The van der Waals surface area contributed by atoms with Gasteiger partial charge in [0.1, 0.15) is 5.76 Å². The molecule has 0 saturated heterocycles. The predicted molar refractivity (Wildman–Crippen MR) is 75.5 cm³/mol. The summed E-state index contributed by atoms with van der Waals surface area (Å²) in [5.74, 6) is -2.00. The van der Waals surface area contributed by atoms with Crippen LogP contribution in [-0.2, 0) is 9.47 Å². The summed E-state index contributed by atoms with van der Waals surface area (Å²) in [6, 6.07) is 8.88. The molecule has 1 N–H and O–H groups in total. The Kier molecular flexibility index (Phi) is 4.37. The van der Waals surface area contributed by atoms with Crippen molar-refractivity contribution in [3.63, 3.8) is 0 Å². The van der Waals surface area contributed by atoms with Gasteiger partial charge >= 0.3 is 0 Å². The molecule has 0 aromatic heterocycles. The number of hydrogen-bond donors (Lipinski definition) is 1. The number of methoxy groups -OCH3 is 1. The molecular formula is C16H18O4. The number of ketones is 1. The molecule has 1 aliphatic rings. The first kappa shape index (κ1) is 14.5. The van der Waals surface area contributed by atoms with Crippen LogP contribution in [0.25, 0.3) is 0 Å². The van der Waals surface area contributed by atoms with Crippen molar-refractivity contribution in [2.24, 2.45) is 5.92 Å². The van der Waals surface area contributed by atoms with Crippen molar-refractivity contribution in [3.8, 4) is 0 Å². The van der Waals surface area contributed by atoms with Gasteiger partial charge in [-0.25, -0.2) is 0 Å². The van der Waals surface area contributed by atoms with Gasteiger partial charge in [-0.15, -0.1) is 0 Å². The van der Waals surface area contributed by atoms with E-state index in [9.17, 15) is 9.90 Å². The zero-order valence-electron chi connectivity index (χ0n) is 11.6. The Balaban J connectivity index is 2.24. The predicted octanol–water partition coefficient (Wildman–Crippen LogP) is 2.88. The molecule has 4 nitrogen and oxygen atoms in total. The third kappa shape index (κ3) is 2.81. The maximum atomic E-state index is 12.3. The molecule has 0 saturated carbocycles. The van der Waals surface area contributed by atoms with Gasteiger partial charge in [-0.05, 0) is 13.0 Å². The van der Waals surface area contributed by atoms with Crippen LogP contribution < -0.4 is 0 Å². The van der Waals surface area contributed by atoms with Crippen LogP contribution in [0.3, 0.4) is 0 Å². The van der Waals surface area contributed by atoms with E-state index in [1.165, 1.54) is 13.2 Å². The molecule has 2 rings (SSSR count). The zero-order valence-corrected chi connectivity index (χ0v) is 11.6. The van der Waals surface area contributed by atoms with Gasteiger partial charge in [0, 0.05) is 25.4 Å². The van der Waals surface area contributed by atoms with E-state index in [1.54, 1.807) is 36.4 Å². The average Bonchev–Trinajstić information content (AvgIpc) is 2.48. The number of allylic oxidation sites excluding steroid dienone is 1. The molecule has 1 aromatic carbocycles. The SMILES string of the molecule is CCOC1(OC)C=CC(C(=O)c2ccccc2)C(O)=C1. The van der Waals surface area contributed by atoms with Crippen molar-refractivity contribution in [1.29, 1.82) is 0 Å². The number of aliphatic hydroxyl groups is 1. The Morgan fingerprint density at radius 2 is 2.05 bits per heavy atom. The van der Waals surface area contributed by atoms with Gasteiger partial charge < -0.3 is 14.6 Å². The standard InChI is InChI=1S/C16H18O4/c1-3-20-16(19-2)10-9-13(14(17)11-16)15(18)12-7-5-4-6-8-12/h4-11,13,17H,3H2,1-2H3. The molecular weight excluding hydrogens is 256 g/mol. The second-order valence-corrected chi connectivity index (χ2v) is 4.49. The molecule has 2 atom stereocenters. The number of rotatable bonds is 5. The van der Waals surface area contributed by atoms with Crippen LogP contribution in [0.1, 0.15) is 17.3 Å². The summed E-state index contributed by atoms with van der Waals surface area (Å²) in [5, 5.41) is 10.1. The Morgan fingerprint density at radius 3 is 2.60 bits per heavy atom. The Labute approximate surface area is 118 Å². The van der Waals surface area contributed by atoms with E-state index in [-0.39, 0.29) is 11.5 Å². The van der Waals surface area contributed by atoms with E-state index in [4.69, 9.17) is 9.47 Å². The number of hydrogen-bond acceptors (Lipinski definition) is 4. The quantitative estimate of drug-likeness (QED) is 0.509. The van der Waals surface area contributed by atoms with Crippen molar-refractivity contribution in [2.45, 2.75) is 12.7 Å². The number of ether oxygens (including phenoxy) is 2. The maximum absolute atomic E-state index is 12.3. The Morgan fingerprint density at radius 1 is 1.35 bits per heavy atom. The van der Waals surface area contributed by atoms with Gasteiger partial charge in [0.25, 0.3) is 0 Å². The van der Waals surface area contributed by atoms with Crippen molar-refractivity contribution in [3.05, 3.63) is 59.9 Å². The van der Waals surface area contributed by atoms with Gasteiger partial charge in [-0.2, -0.15) is 0 Å². The number of carbonyl (C=O) groups excluding carboxylic acids is 1. The number of aliphatic hydroxyl groups excluding tert-OH is 1. The summed E-state index contributed by atoms with van der Waals surface area (Å²) in [5.41, 5.74) is 0.559. The molecule has 0 fully saturated rings. The first-order valence-electron chi connectivity index (χ1n) is 6.51. The average molecular weight is 274 g/mol. The minimum Gasteiger partial charge on any atom is -0.511 e. The molecule has 0 aliphatic heterocycles. The summed E-state index contributed by atoms with van der Waals surface area (Å²) in [6.45, 7) is 2.26. The lowest BCUT2D eigenvalue weighted by Gasteiger charge is -2.30. The zero-order chi connectivity index (χ0) is 14.6. The lowest BCUT2D eigenvalue weighted by Crippen LogP contribution is -2.35. The third-order valence-electron chi connectivity index (χ3n) is 3.22. The number of carbonyl (C=O) groups is 1. The van der Waals surface area contributed by atoms with Crippen molar-refractivity contribution in [1.82, 2.24) is 0 Å². The van der Waals surface area contributed by atoms with E-state index in [1.807, 2.05) is 13.0 Å². The van der Waals surface area contributed by atoms with Crippen LogP contribution in [0.15, 0.2) is 54.3 Å². The van der Waals surface area contributed by atoms with Crippen molar-refractivity contribution >= 4 is 5.78 Å². The van der Waals surface area contributed by atoms with E-state index < -0.39 is 11.7 Å². The Bertz CT molecular complexity index is 533. The van der Waals surface area contributed by atoms with Crippen LogP contribution in [0.5, 0.6) is 0 Å². The second-order valence-electron chi connectivity index (χ2n) is 4.49. The van der Waals surface area contributed by atoms with Crippen LogP contribution in [0.2, 0.25) is 0 Å². The molecule has 0 amide bonds. The highest BCUT2D eigenvalue weighted by Crippen LogP contribution is 2.29. The van der Waals surface area contributed by atoms with Crippen LogP contribution in [0.4, 0.5) is 0 Å². The van der Waals surface area contributed by atoms with Crippen LogP contribution in [-0.4, -0.2) is 30.4 Å². The van der Waals surface area contributed by atoms with Gasteiger partial charge in [-0.1, -0.05) is 36.4 Å². The van der Waals surface area contributed by atoms with E-state index in [0.29, 0.717) is 12.2 Å². The fourth-order valence-electron chi connectivity index (χ4n) is 2.18. The van der Waals surface area contributed by atoms with E-state index >= 15 is 0 Å². The van der Waals surface area contributed by atoms with Gasteiger partial charge in [0.05, 0.1) is 5.92 Å². The highest BCUT2D eigenvalue weighted by Gasteiger charge is 2.34. The first-order valence-corrected chi connectivity index (χ1v) is 6.51. The molecule has 106 valence electrons. The molecule has 2 unspecified atom stereocenters. The molecule has 0 heterocycles. The lowest BCUT2D eigenvalue weighted by atomic mass is 9.90. The minimum atomic E-state index is -1.09. The summed E-state index contributed by atoms with van der Waals surface area (Å²) < 4.78 is 10.7. The van der Waals surface area contributed by atoms with E-state index in [0.717, 1.165) is 0 Å². The summed E-state index contributed by atoms with van der Waals surface area (Å²) >= 11 is 0. The van der Waals surface area contributed by atoms with Crippen molar-refractivity contribution in [2.75, 3.05) is 13.7 Å². The molecule has 20 heavy (non-hydrogen) atoms. The molecule has 0 radical (unpaired) electrons. The van der Waals surface area contributed by atoms with Crippen LogP contribution >= 0.6 is 0 Å². The molecule has 4 heteroatoms. The fourth-order valence-corrected chi connectivity index (χ4v) is 2.18. The third-order valence-corrected chi connectivity index (χ3v) is 3.22. The molecule has 0 bridgehead atoms. The molecule has 1 aliphatic carbocycles. The summed E-state index contributed by atoms with van der Waals surface area (Å²) in [7, 11) is 1.49. The maximum Gasteiger partial charge on any atom is 0.211 e. The van der Waals surface area contributed by atoms with Gasteiger partial charge in [-0.3, -0.25) is 4.79 Å². The molecule has 1 aromatic rings. The van der Waals surface area contributed by atoms with Gasteiger partial charge in [0.15, 0.2) is 5.78 Å². The number of Topliss-reactive ketones (excluding diaryl/α,β-unsaturated/α-hetero) is 1. The summed E-state index contributed by atoms with van der Waals surface area (Å²) in [4.78, 5) is 12.3. The highest BCUT2D eigenvalue weighted by atomic mass is 16.7. The lowest BCUT2D eigenvalue weighted by molar-refractivity contribution is -0.152. The first-order chi connectivity index (χ1) is 9.62. The smallest absolute Gasteiger partial charge is 0.211 e. The van der Waals surface area contributed by atoms with Gasteiger partial charge in [0.2, 0.25) is 5.79 Å². The number of benzene rings is 1. The minimum absolute atomic E-state index is 0.0587. The highest BCUT2D eigenvalue weighted by molar-refractivity contribution is 6.00. The molecule has 0 spiro atoms. The summed E-state index contributed by atoms with van der Waals surface area (Å²) in [6.07, 6.45) is 4.70. The monoisotopic (exact) mass is 274 g/mol. The largest absolute Gasteiger partial charge is 0.511 e. The van der Waals surface area contributed by atoms with Crippen molar-refractivity contribution < 1.29 is 19.4 Å². The normalized spacial score (nSPS) is 25.3. The second kappa shape index (κ2) is 6.03. The topological polar surface area (TPSA) is 55.8 Å². The van der Waals surface area contributed by atoms with Crippen LogP contribution in [0, 0.1) is 5.92 Å². The fraction of sp³-hybridized carbons (Fsp3) is 0.312.